The Morgan fingerprint density at radius 1 is 1.15 bits per heavy atom. The van der Waals surface area contributed by atoms with E-state index in [1.54, 1.807) is 0 Å². The molecule has 1 aliphatic rings. The van der Waals surface area contributed by atoms with Crippen LogP contribution >= 0.6 is 0 Å². The van der Waals surface area contributed by atoms with Crippen molar-refractivity contribution >= 4 is 17.5 Å². The number of benzene rings is 2. The van der Waals surface area contributed by atoms with Crippen molar-refractivity contribution in [2.75, 3.05) is 11.9 Å². The maximum atomic E-state index is 10.9. The molecule has 0 spiro atoms. The van der Waals surface area contributed by atoms with Gasteiger partial charge in [0.05, 0.1) is 17.8 Å². The standard InChI is InChI=1S/C20H20N4O2/c25-19(26)12-14-6-8-16(9-7-14)24-18-10-11-21-13-17(18)20(23-24)22-15-4-2-1-3-5-15/h1-9,21H,10-13H2,(H,22,23)(H,25,26). The molecule has 1 aliphatic heterocycles. The molecule has 2 aromatic carbocycles. The zero-order chi connectivity index (χ0) is 17.9. The SMILES string of the molecule is O=C(O)Cc1ccc(-n2nc(Nc3ccccc3)c3c2CCNC3)cc1. The highest BCUT2D eigenvalue weighted by molar-refractivity contribution is 5.70. The summed E-state index contributed by atoms with van der Waals surface area (Å²) < 4.78 is 1.96. The second-order valence-corrected chi connectivity index (χ2v) is 6.34. The van der Waals surface area contributed by atoms with Gasteiger partial charge in [0.15, 0.2) is 5.82 Å². The second kappa shape index (κ2) is 7.01. The molecule has 2 heterocycles. The number of nitrogens with one attached hydrogen (secondary N) is 2. The first kappa shape index (κ1) is 16.4. The van der Waals surface area contributed by atoms with Crippen LogP contribution in [0.3, 0.4) is 0 Å². The fourth-order valence-corrected chi connectivity index (χ4v) is 3.25. The number of aliphatic carboxylic acids is 1. The summed E-state index contributed by atoms with van der Waals surface area (Å²) in [5.74, 6) is 0.0302. The first-order chi connectivity index (χ1) is 12.7. The summed E-state index contributed by atoms with van der Waals surface area (Å²) >= 11 is 0. The third kappa shape index (κ3) is 3.32. The largest absolute Gasteiger partial charge is 0.481 e. The maximum Gasteiger partial charge on any atom is 0.307 e. The van der Waals surface area contributed by atoms with Gasteiger partial charge in [-0.05, 0) is 29.8 Å². The summed E-state index contributed by atoms with van der Waals surface area (Å²) in [4.78, 5) is 10.9. The molecule has 0 saturated heterocycles. The molecule has 132 valence electrons. The Morgan fingerprint density at radius 3 is 2.65 bits per heavy atom. The molecular weight excluding hydrogens is 328 g/mol. The van der Waals surface area contributed by atoms with Crippen molar-refractivity contribution < 1.29 is 9.90 Å². The molecule has 26 heavy (non-hydrogen) atoms. The third-order valence-electron chi connectivity index (χ3n) is 4.50. The van der Waals surface area contributed by atoms with Crippen molar-refractivity contribution in [3.8, 4) is 5.69 Å². The zero-order valence-electron chi connectivity index (χ0n) is 14.3. The molecule has 0 saturated carbocycles. The average Bonchev–Trinajstić information content (AvgIpc) is 3.02. The van der Waals surface area contributed by atoms with E-state index in [1.807, 2.05) is 59.3 Å². The summed E-state index contributed by atoms with van der Waals surface area (Å²) in [6, 6.07) is 17.6. The molecular formula is C20H20N4O2. The van der Waals surface area contributed by atoms with E-state index in [4.69, 9.17) is 10.2 Å². The summed E-state index contributed by atoms with van der Waals surface area (Å²) in [5.41, 5.74) is 5.09. The number of nitrogens with zero attached hydrogens (tertiary/aromatic N) is 2. The Bertz CT molecular complexity index is 917. The Morgan fingerprint density at radius 2 is 1.92 bits per heavy atom. The van der Waals surface area contributed by atoms with Crippen LogP contribution in [0.25, 0.3) is 5.69 Å². The number of para-hydroxylation sites is 1. The molecule has 4 rings (SSSR count). The second-order valence-electron chi connectivity index (χ2n) is 6.34. The number of hydrogen-bond acceptors (Lipinski definition) is 4. The van der Waals surface area contributed by atoms with Gasteiger partial charge in [0.2, 0.25) is 0 Å². The highest BCUT2D eigenvalue weighted by atomic mass is 16.4. The summed E-state index contributed by atoms with van der Waals surface area (Å²) in [6.07, 6.45) is 0.928. The van der Waals surface area contributed by atoms with E-state index in [9.17, 15) is 4.79 Å². The Labute approximate surface area is 151 Å². The molecule has 0 fully saturated rings. The molecule has 3 aromatic rings. The van der Waals surface area contributed by atoms with Gasteiger partial charge < -0.3 is 15.7 Å². The van der Waals surface area contributed by atoms with Crippen LogP contribution in [-0.4, -0.2) is 27.4 Å². The number of carboxylic acids is 1. The van der Waals surface area contributed by atoms with Crippen LogP contribution in [0.4, 0.5) is 11.5 Å². The van der Waals surface area contributed by atoms with Crippen LogP contribution in [0.15, 0.2) is 54.6 Å². The van der Waals surface area contributed by atoms with Gasteiger partial charge in [-0.15, -0.1) is 5.10 Å². The zero-order valence-corrected chi connectivity index (χ0v) is 14.3. The highest BCUT2D eigenvalue weighted by Crippen LogP contribution is 2.28. The molecule has 0 unspecified atom stereocenters. The Balaban J connectivity index is 1.69. The number of rotatable bonds is 5. The van der Waals surface area contributed by atoms with Crippen LogP contribution in [0.1, 0.15) is 16.8 Å². The van der Waals surface area contributed by atoms with E-state index in [0.717, 1.165) is 42.3 Å². The van der Waals surface area contributed by atoms with E-state index < -0.39 is 5.97 Å². The van der Waals surface area contributed by atoms with Crippen molar-refractivity contribution in [3.05, 3.63) is 71.4 Å². The molecule has 0 bridgehead atoms. The minimum Gasteiger partial charge on any atom is -0.481 e. The van der Waals surface area contributed by atoms with Gasteiger partial charge in [-0.25, -0.2) is 4.68 Å². The van der Waals surface area contributed by atoms with Crippen molar-refractivity contribution in [1.82, 2.24) is 15.1 Å². The van der Waals surface area contributed by atoms with Gasteiger partial charge in [0, 0.05) is 30.8 Å². The first-order valence-corrected chi connectivity index (χ1v) is 8.65. The minimum absolute atomic E-state index is 0.0300. The van der Waals surface area contributed by atoms with Crippen molar-refractivity contribution in [1.29, 1.82) is 0 Å². The molecule has 0 aliphatic carbocycles. The molecule has 3 N–H and O–H groups in total. The van der Waals surface area contributed by atoms with E-state index in [2.05, 4.69) is 10.6 Å². The Kier molecular flexibility index (Phi) is 4.41. The Hall–Kier alpha value is -3.12. The summed E-state index contributed by atoms with van der Waals surface area (Å²) in [5, 5.41) is 20.5. The highest BCUT2D eigenvalue weighted by Gasteiger charge is 2.21. The van der Waals surface area contributed by atoms with Gasteiger partial charge in [0.1, 0.15) is 0 Å². The fourth-order valence-electron chi connectivity index (χ4n) is 3.25. The number of carboxylic acid groups (broad SMARTS) is 1. The number of aromatic nitrogens is 2. The smallest absolute Gasteiger partial charge is 0.307 e. The molecule has 0 atom stereocenters. The lowest BCUT2D eigenvalue weighted by molar-refractivity contribution is -0.136. The van der Waals surface area contributed by atoms with Gasteiger partial charge in [-0.1, -0.05) is 30.3 Å². The van der Waals surface area contributed by atoms with E-state index in [1.165, 1.54) is 11.3 Å². The van der Waals surface area contributed by atoms with Crippen LogP contribution in [0, 0.1) is 0 Å². The molecule has 6 nitrogen and oxygen atoms in total. The summed E-state index contributed by atoms with van der Waals surface area (Å²) in [7, 11) is 0. The lowest BCUT2D eigenvalue weighted by Gasteiger charge is -2.16. The lowest BCUT2D eigenvalue weighted by atomic mass is 10.1. The molecule has 1 aromatic heterocycles. The van der Waals surface area contributed by atoms with E-state index in [0.29, 0.717) is 0 Å². The first-order valence-electron chi connectivity index (χ1n) is 8.65. The number of fused-ring (bicyclic) bond motifs is 1. The molecule has 0 radical (unpaired) electrons. The number of anilines is 2. The van der Waals surface area contributed by atoms with Crippen molar-refractivity contribution in [3.63, 3.8) is 0 Å². The monoisotopic (exact) mass is 348 g/mol. The van der Waals surface area contributed by atoms with Gasteiger partial charge in [-0.2, -0.15) is 0 Å². The van der Waals surface area contributed by atoms with E-state index in [-0.39, 0.29) is 6.42 Å². The maximum absolute atomic E-state index is 10.9. The molecule has 6 heteroatoms. The van der Waals surface area contributed by atoms with Crippen LogP contribution in [0.2, 0.25) is 0 Å². The average molecular weight is 348 g/mol. The topological polar surface area (TPSA) is 79.2 Å². The normalized spacial score (nSPS) is 13.2. The van der Waals surface area contributed by atoms with Crippen molar-refractivity contribution in [2.45, 2.75) is 19.4 Å². The third-order valence-corrected chi connectivity index (χ3v) is 4.50. The predicted molar refractivity (Wildman–Crippen MR) is 100 cm³/mol. The van der Waals surface area contributed by atoms with Gasteiger partial charge in [-0.3, -0.25) is 4.79 Å². The van der Waals surface area contributed by atoms with E-state index >= 15 is 0 Å². The van der Waals surface area contributed by atoms with Gasteiger partial charge in [0.25, 0.3) is 0 Å². The van der Waals surface area contributed by atoms with Crippen LogP contribution < -0.4 is 10.6 Å². The lowest BCUT2D eigenvalue weighted by Crippen LogP contribution is -2.24. The van der Waals surface area contributed by atoms with Gasteiger partial charge >= 0.3 is 5.97 Å². The quantitative estimate of drug-likeness (QED) is 0.661. The predicted octanol–water partition coefficient (Wildman–Crippen LogP) is 2.89. The minimum atomic E-state index is -0.824. The number of hydrogen-bond donors (Lipinski definition) is 3. The molecule has 0 amide bonds. The van der Waals surface area contributed by atoms with Crippen molar-refractivity contribution in [2.24, 2.45) is 0 Å². The number of carbonyl (C=O) groups is 1. The summed E-state index contributed by atoms with van der Waals surface area (Å²) in [6.45, 7) is 1.70. The van der Waals surface area contributed by atoms with Crippen LogP contribution in [0.5, 0.6) is 0 Å². The fraction of sp³-hybridized carbons (Fsp3) is 0.200. The van der Waals surface area contributed by atoms with Crippen LogP contribution in [-0.2, 0) is 24.2 Å².